The number of aliphatic hydroxyl groups excluding tert-OH is 1. The number of amides is 1. The summed E-state index contributed by atoms with van der Waals surface area (Å²) in [6, 6.07) is 2.55. The Kier molecular flexibility index (Phi) is 6.25. The van der Waals surface area contributed by atoms with E-state index in [-0.39, 0.29) is 24.3 Å². The molecule has 0 saturated carbocycles. The first-order valence-corrected chi connectivity index (χ1v) is 6.69. The molecule has 1 aromatic carbocycles. The summed E-state index contributed by atoms with van der Waals surface area (Å²) in [6.07, 6.45) is -1.39. The smallest absolute Gasteiger partial charge is 0.331 e. The Balaban J connectivity index is 3.19. The lowest BCUT2D eigenvalue weighted by molar-refractivity contribution is -0.386. The monoisotopic (exact) mass is 360 g/mol. The Morgan fingerprint density at radius 3 is 2.81 bits per heavy atom. The first-order chi connectivity index (χ1) is 9.92. The van der Waals surface area contributed by atoms with Gasteiger partial charge < -0.3 is 15.2 Å². The summed E-state index contributed by atoms with van der Waals surface area (Å²) < 4.78 is 5.17. The molecule has 0 saturated heterocycles. The third kappa shape index (κ3) is 4.23. The molecule has 0 heterocycles. The molecule has 0 fully saturated rings. The lowest BCUT2D eigenvalue weighted by atomic mass is 10.0. The van der Waals surface area contributed by atoms with E-state index in [2.05, 4.69) is 21.2 Å². The second-order valence-corrected chi connectivity index (χ2v) is 4.83. The number of benzene rings is 1. The lowest BCUT2D eigenvalue weighted by Crippen LogP contribution is -2.42. The quantitative estimate of drug-likeness (QED) is 0.325. The molecule has 1 aromatic rings. The summed E-state index contributed by atoms with van der Waals surface area (Å²) in [5.41, 5.74) is -0.477. The van der Waals surface area contributed by atoms with Gasteiger partial charge in [0.1, 0.15) is 6.10 Å². The highest BCUT2D eigenvalue weighted by molar-refractivity contribution is 9.10. The Bertz CT molecular complexity index is 551. The van der Waals surface area contributed by atoms with Crippen LogP contribution in [0.3, 0.4) is 0 Å². The summed E-state index contributed by atoms with van der Waals surface area (Å²) in [4.78, 5) is 32.6. The summed E-state index contributed by atoms with van der Waals surface area (Å²) in [7, 11) is 0. The number of hydrogen-bond acceptors (Lipinski definition) is 6. The van der Waals surface area contributed by atoms with E-state index in [4.69, 9.17) is 4.74 Å². The van der Waals surface area contributed by atoms with Crippen molar-refractivity contribution in [3.05, 3.63) is 38.3 Å². The molecular formula is C12H13BrN2O6. The van der Waals surface area contributed by atoms with E-state index < -0.39 is 23.0 Å². The predicted octanol–water partition coefficient (Wildman–Crippen LogP) is 1.07. The molecule has 0 radical (unpaired) electrons. The molecule has 0 aromatic heterocycles. The summed E-state index contributed by atoms with van der Waals surface area (Å²) in [5.74, 6) is -0.880. The molecule has 21 heavy (non-hydrogen) atoms. The van der Waals surface area contributed by atoms with Crippen molar-refractivity contribution in [2.24, 2.45) is 0 Å². The first-order valence-electron chi connectivity index (χ1n) is 5.90. The van der Waals surface area contributed by atoms with Crippen molar-refractivity contribution in [1.82, 2.24) is 5.32 Å². The molecule has 1 amide bonds. The maximum Gasteiger partial charge on any atom is 0.331 e. The maximum absolute atomic E-state index is 11.7. The van der Waals surface area contributed by atoms with E-state index in [1.165, 1.54) is 18.2 Å². The Labute approximate surface area is 128 Å². The van der Waals surface area contributed by atoms with Crippen LogP contribution >= 0.6 is 15.9 Å². The number of halogens is 1. The predicted molar refractivity (Wildman–Crippen MR) is 75.4 cm³/mol. The number of nitro groups is 1. The Morgan fingerprint density at radius 1 is 1.62 bits per heavy atom. The normalized spacial score (nSPS) is 13.1. The van der Waals surface area contributed by atoms with Crippen LogP contribution in [0.1, 0.15) is 18.6 Å². The van der Waals surface area contributed by atoms with Crippen LogP contribution in [0.25, 0.3) is 0 Å². The molecule has 9 heteroatoms. The van der Waals surface area contributed by atoms with Crippen molar-refractivity contribution in [2.45, 2.75) is 19.1 Å². The fraction of sp³-hybridized carbons (Fsp3) is 0.333. The van der Waals surface area contributed by atoms with Crippen molar-refractivity contribution >= 4 is 34.0 Å². The molecule has 2 atom stereocenters. The number of rotatable bonds is 7. The van der Waals surface area contributed by atoms with Crippen LogP contribution in [0.4, 0.5) is 5.69 Å². The number of esters is 1. The second-order valence-electron chi connectivity index (χ2n) is 3.92. The van der Waals surface area contributed by atoms with Crippen LogP contribution in [0.5, 0.6) is 0 Å². The van der Waals surface area contributed by atoms with Crippen LogP contribution in [-0.4, -0.2) is 35.1 Å². The molecule has 2 unspecified atom stereocenters. The molecule has 0 aliphatic heterocycles. The third-order valence-electron chi connectivity index (χ3n) is 2.61. The van der Waals surface area contributed by atoms with E-state index in [1.54, 1.807) is 6.92 Å². The highest BCUT2D eigenvalue weighted by Crippen LogP contribution is 2.30. The highest BCUT2D eigenvalue weighted by Gasteiger charge is 2.33. The van der Waals surface area contributed by atoms with E-state index >= 15 is 0 Å². The van der Waals surface area contributed by atoms with Gasteiger partial charge in [-0.25, -0.2) is 4.79 Å². The van der Waals surface area contributed by atoms with Crippen LogP contribution in [-0.2, 0) is 14.3 Å². The maximum atomic E-state index is 11.7. The average molecular weight is 361 g/mol. The number of hydrogen-bond donors (Lipinski definition) is 2. The van der Waals surface area contributed by atoms with Gasteiger partial charge >= 0.3 is 5.97 Å². The van der Waals surface area contributed by atoms with Crippen LogP contribution in [0.15, 0.2) is 22.7 Å². The van der Waals surface area contributed by atoms with Gasteiger partial charge in [-0.2, -0.15) is 0 Å². The Hall–Kier alpha value is -2.00. The third-order valence-corrected chi connectivity index (χ3v) is 3.10. The summed E-state index contributed by atoms with van der Waals surface area (Å²) >= 11 is 3.09. The number of ether oxygens (including phenoxy) is 1. The van der Waals surface area contributed by atoms with E-state index in [0.29, 0.717) is 4.47 Å². The fourth-order valence-electron chi connectivity index (χ4n) is 1.70. The van der Waals surface area contributed by atoms with Crippen LogP contribution in [0, 0.1) is 10.1 Å². The zero-order valence-electron chi connectivity index (χ0n) is 11.0. The van der Waals surface area contributed by atoms with Crippen LogP contribution < -0.4 is 5.32 Å². The minimum atomic E-state index is -1.61. The molecule has 1 rings (SSSR count). The number of carbonyl (C=O) groups excluding carboxylic acids is 2. The Morgan fingerprint density at radius 2 is 2.29 bits per heavy atom. The highest BCUT2D eigenvalue weighted by atomic mass is 79.9. The molecule has 0 aliphatic carbocycles. The fourth-order valence-corrected chi connectivity index (χ4v) is 2.05. The van der Waals surface area contributed by atoms with Crippen molar-refractivity contribution in [3.8, 4) is 0 Å². The van der Waals surface area contributed by atoms with E-state index in [1.807, 2.05) is 0 Å². The van der Waals surface area contributed by atoms with Crippen LogP contribution in [0.2, 0.25) is 0 Å². The number of aliphatic hydroxyl groups is 1. The van der Waals surface area contributed by atoms with Gasteiger partial charge in [0.25, 0.3) is 5.69 Å². The van der Waals surface area contributed by atoms with Gasteiger partial charge in [0.05, 0.1) is 17.1 Å². The van der Waals surface area contributed by atoms with Gasteiger partial charge in [0, 0.05) is 10.5 Å². The molecule has 0 spiro atoms. The minimum absolute atomic E-state index is 0.0466. The standard InChI is InChI=1S/C12H13BrN2O6/c1-2-21-12(18)10(14-6-16)11(17)8-4-3-7(13)5-9(8)15(19)20/h3-6,10-11,17H,2H2,1H3,(H,14,16). The number of nitro benzene ring substituents is 1. The molecule has 2 N–H and O–H groups in total. The van der Waals surface area contributed by atoms with Gasteiger partial charge in [0.15, 0.2) is 6.04 Å². The molecule has 0 bridgehead atoms. The molecule has 8 nitrogen and oxygen atoms in total. The van der Waals surface area contributed by atoms with E-state index in [9.17, 15) is 24.8 Å². The van der Waals surface area contributed by atoms with Gasteiger partial charge in [0.2, 0.25) is 6.41 Å². The van der Waals surface area contributed by atoms with E-state index in [0.717, 1.165) is 0 Å². The van der Waals surface area contributed by atoms with Crippen molar-refractivity contribution in [1.29, 1.82) is 0 Å². The number of nitrogens with one attached hydrogen (secondary N) is 1. The topological polar surface area (TPSA) is 119 Å². The minimum Gasteiger partial charge on any atom is -0.464 e. The zero-order chi connectivity index (χ0) is 16.0. The number of carbonyl (C=O) groups is 2. The average Bonchev–Trinajstić information content (AvgIpc) is 2.44. The molecule has 0 aliphatic rings. The molecular weight excluding hydrogens is 348 g/mol. The number of nitrogens with zero attached hydrogens (tertiary/aromatic N) is 1. The molecule has 114 valence electrons. The van der Waals surface area contributed by atoms with Gasteiger partial charge in [-0.05, 0) is 19.1 Å². The SMILES string of the molecule is CCOC(=O)C(NC=O)C(O)c1ccc(Br)cc1[N+](=O)[O-]. The zero-order valence-corrected chi connectivity index (χ0v) is 12.6. The van der Waals surface area contributed by atoms with Crippen molar-refractivity contribution < 1.29 is 24.4 Å². The summed E-state index contributed by atoms with van der Waals surface area (Å²) in [5, 5.41) is 23.3. The lowest BCUT2D eigenvalue weighted by Gasteiger charge is -2.20. The largest absolute Gasteiger partial charge is 0.464 e. The summed E-state index contributed by atoms with van der Waals surface area (Å²) in [6.45, 7) is 1.61. The second kappa shape index (κ2) is 7.70. The van der Waals surface area contributed by atoms with Gasteiger partial charge in [-0.15, -0.1) is 0 Å². The first kappa shape index (κ1) is 17.1. The van der Waals surface area contributed by atoms with Gasteiger partial charge in [-0.1, -0.05) is 15.9 Å². The van der Waals surface area contributed by atoms with Crippen molar-refractivity contribution in [3.63, 3.8) is 0 Å². The van der Waals surface area contributed by atoms with Crippen molar-refractivity contribution in [2.75, 3.05) is 6.61 Å². The van der Waals surface area contributed by atoms with Gasteiger partial charge in [-0.3, -0.25) is 14.9 Å².